The third-order valence-corrected chi connectivity index (χ3v) is 6.30. The molecule has 6 nitrogen and oxygen atoms in total. The molecule has 1 aliphatic carbocycles. The summed E-state index contributed by atoms with van der Waals surface area (Å²) in [5, 5.41) is 11.4. The molecule has 2 aromatic rings. The van der Waals surface area contributed by atoms with Gasteiger partial charge >= 0.3 is 0 Å². The quantitative estimate of drug-likeness (QED) is 0.419. The van der Waals surface area contributed by atoms with Gasteiger partial charge in [0.25, 0.3) is 11.7 Å². The molecule has 4 rings (SSSR count). The molecule has 1 atom stereocenters. The van der Waals surface area contributed by atoms with E-state index in [-0.39, 0.29) is 22.9 Å². The van der Waals surface area contributed by atoms with Crippen LogP contribution in [0.2, 0.25) is 0 Å². The van der Waals surface area contributed by atoms with Crippen LogP contribution in [-0.4, -0.2) is 42.0 Å². The first-order valence-corrected chi connectivity index (χ1v) is 10.7. The van der Waals surface area contributed by atoms with Crippen molar-refractivity contribution in [2.24, 2.45) is 0 Å². The van der Waals surface area contributed by atoms with Crippen molar-refractivity contribution in [1.29, 1.82) is 0 Å². The number of likely N-dealkylation sites (tertiary alicyclic amines) is 1. The van der Waals surface area contributed by atoms with Gasteiger partial charge in [-0.25, -0.2) is 4.39 Å². The summed E-state index contributed by atoms with van der Waals surface area (Å²) < 4.78 is 24.4. The first-order valence-electron chi connectivity index (χ1n) is 10.7. The van der Waals surface area contributed by atoms with Crippen LogP contribution in [0.5, 0.6) is 11.5 Å². The Kier molecular flexibility index (Phi) is 6.17. The Morgan fingerprint density at radius 3 is 2.12 bits per heavy atom. The summed E-state index contributed by atoms with van der Waals surface area (Å²) in [7, 11) is 2.90. The SMILES string of the molecule is COc1cccc(OC)c1/C(O)=C1\C(=O)C(=O)N(C2CCCCC2)C1c1ccc(F)cc1. The van der Waals surface area contributed by atoms with E-state index in [1.807, 2.05) is 0 Å². The number of hydrogen-bond acceptors (Lipinski definition) is 5. The second-order valence-electron chi connectivity index (χ2n) is 8.09. The molecule has 0 radical (unpaired) electrons. The number of carbonyl (C=O) groups excluding carboxylic acids is 2. The lowest BCUT2D eigenvalue weighted by Crippen LogP contribution is -2.40. The van der Waals surface area contributed by atoms with Gasteiger partial charge in [-0.15, -0.1) is 0 Å². The van der Waals surface area contributed by atoms with E-state index in [0.29, 0.717) is 17.1 Å². The lowest BCUT2D eigenvalue weighted by atomic mass is 9.90. The number of hydrogen-bond donors (Lipinski definition) is 1. The van der Waals surface area contributed by atoms with Crippen molar-refractivity contribution in [2.75, 3.05) is 14.2 Å². The minimum atomic E-state index is -0.826. The topological polar surface area (TPSA) is 76.1 Å². The summed E-state index contributed by atoms with van der Waals surface area (Å²) in [5.41, 5.74) is 0.716. The predicted molar refractivity (Wildman–Crippen MR) is 117 cm³/mol. The minimum Gasteiger partial charge on any atom is -0.506 e. The van der Waals surface area contributed by atoms with E-state index in [9.17, 15) is 19.1 Å². The van der Waals surface area contributed by atoms with Crippen LogP contribution in [-0.2, 0) is 9.59 Å². The number of ketones is 1. The van der Waals surface area contributed by atoms with Crippen molar-refractivity contribution in [2.45, 2.75) is 44.2 Å². The van der Waals surface area contributed by atoms with Crippen molar-refractivity contribution >= 4 is 17.4 Å². The number of amides is 1. The van der Waals surface area contributed by atoms with Gasteiger partial charge < -0.3 is 19.5 Å². The molecular weight excluding hydrogens is 413 g/mol. The molecule has 1 heterocycles. The first-order chi connectivity index (χ1) is 15.5. The lowest BCUT2D eigenvalue weighted by Gasteiger charge is -2.35. The molecule has 2 fully saturated rings. The van der Waals surface area contributed by atoms with Crippen LogP contribution in [0.25, 0.3) is 5.76 Å². The fourth-order valence-electron chi connectivity index (χ4n) is 4.78. The Hall–Kier alpha value is -3.35. The molecule has 0 spiro atoms. The molecule has 168 valence electrons. The van der Waals surface area contributed by atoms with E-state index in [1.165, 1.54) is 26.4 Å². The summed E-state index contributed by atoms with van der Waals surface area (Å²) >= 11 is 0. The molecule has 32 heavy (non-hydrogen) atoms. The second-order valence-corrected chi connectivity index (χ2v) is 8.09. The average Bonchev–Trinajstić information content (AvgIpc) is 3.09. The van der Waals surface area contributed by atoms with E-state index in [0.717, 1.165) is 32.1 Å². The van der Waals surface area contributed by atoms with E-state index in [2.05, 4.69) is 0 Å². The third kappa shape index (κ3) is 3.72. The highest BCUT2D eigenvalue weighted by Gasteiger charge is 2.49. The molecule has 1 amide bonds. The van der Waals surface area contributed by atoms with Crippen molar-refractivity contribution in [3.8, 4) is 11.5 Å². The lowest BCUT2D eigenvalue weighted by molar-refractivity contribution is -0.141. The number of aliphatic hydroxyl groups is 1. The number of nitrogens with zero attached hydrogens (tertiary/aromatic N) is 1. The van der Waals surface area contributed by atoms with E-state index < -0.39 is 23.5 Å². The van der Waals surface area contributed by atoms with Crippen LogP contribution < -0.4 is 9.47 Å². The summed E-state index contributed by atoms with van der Waals surface area (Å²) in [6, 6.07) is 9.71. The first kappa shape index (κ1) is 21.9. The van der Waals surface area contributed by atoms with Crippen molar-refractivity contribution in [3.63, 3.8) is 0 Å². The van der Waals surface area contributed by atoms with Crippen LogP contribution in [0.1, 0.15) is 49.3 Å². The fraction of sp³-hybridized carbons (Fsp3) is 0.360. The minimum absolute atomic E-state index is 0.0463. The Morgan fingerprint density at radius 1 is 0.969 bits per heavy atom. The van der Waals surface area contributed by atoms with Crippen LogP contribution in [0.3, 0.4) is 0 Å². The largest absolute Gasteiger partial charge is 0.506 e. The molecule has 1 N–H and O–H groups in total. The average molecular weight is 439 g/mol. The van der Waals surface area contributed by atoms with Crippen molar-refractivity contribution < 1.29 is 28.6 Å². The van der Waals surface area contributed by atoms with Gasteiger partial charge in [0.1, 0.15) is 28.6 Å². The van der Waals surface area contributed by atoms with Crippen LogP contribution in [0, 0.1) is 5.82 Å². The molecule has 0 aromatic heterocycles. The summed E-state index contributed by atoms with van der Waals surface area (Å²) in [4.78, 5) is 28.0. The number of ether oxygens (including phenoxy) is 2. The standard InChI is InChI=1S/C25H26FNO5/c1-31-18-9-6-10-19(32-2)20(18)23(28)21-22(15-11-13-16(26)14-12-15)27(25(30)24(21)29)17-7-4-3-5-8-17/h6,9-14,17,22,28H,3-5,7-8H2,1-2H3/b23-21+. The smallest absolute Gasteiger partial charge is 0.295 e. The van der Waals surface area contributed by atoms with E-state index in [1.54, 1.807) is 35.2 Å². The molecule has 2 aromatic carbocycles. The van der Waals surface area contributed by atoms with Crippen LogP contribution in [0.15, 0.2) is 48.0 Å². The molecular formula is C25H26FNO5. The van der Waals surface area contributed by atoms with Gasteiger partial charge in [0, 0.05) is 6.04 Å². The number of methoxy groups -OCH3 is 2. The Labute approximate surface area is 186 Å². The van der Waals surface area contributed by atoms with Crippen molar-refractivity contribution in [3.05, 3.63) is 65.0 Å². The molecule has 0 bridgehead atoms. The summed E-state index contributed by atoms with van der Waals surface area (Å²) in [5.74, 6) is -1.59. The Morgan fingerprint density at radius 2 is 1.56 bits per heavy atom. The highest BCUT2D eigenvalue weighted by atomic mass is 19.1. The van der Waals surface area contributed by atoms with E-state index >= 15 is 0 Å². The van der Waals surface area contributed by atoms with Crippen LogP contribution in [0.4, 0.5) is 4.39 Å². The fourth-order valence-corrected chi connectivity index (χ4v) is 4.78. The number of aliphatic hydroxyl groups excluding tert-OH is 1. The summed E-state index contributed by atoms with van der Waals surface area (Å²) in [6.07, 6.45) is 4.57. The van der Waals surface area contributed by atoms with Gasteiger partial charge in [-0.05, 0) is 42.7 Å². The molecule has 1 saturated heterocycles. The van der Waals surface area contributed by atoms with Gasteiger partial charge in [-0.3, -0.25) is 9.59 Å². The number of carbonyl (C=O) groups is 2. The highest BCUT2D eigenvalue weighted by Crippen LogP contribution is 2.45. The zero-order valence-corrected chi connectivity index (χ0v) is 18.1. The molecule has 7 heteroatoms. The normalized spacial score (nSPS) is 21.1. The molecule has 1 unspecified atom stereocenters. The monoisotopic (exact) mass is 439 g/mol. The van der Waals surface area contributed by atoms with Gasteiger partial charge in [0.05, 0.1) is 25.8 Å². The van der Waals surface area contributed by atoms with Gasteiger partial charge in [-0.2, -0.15) is 0 Å². The highest BCUT2D eigenvalue weighted by molar-refractivity contribution is 6.46. The predicted octanol–water partition coefficient (Wildman–Crippen LogP) is 4.60. The number of rotatable bonds is 5. The van der Waals surface area contributed by atoms with Gasteiger partial charge in [0.2, 0.25) is 0 Å². The Balaban J connectivity index is 1.94. The van der Waals surface area contributed by atoms with Gasteiger partial charge in [0.15, 0.2) is 0 Å². The number of halogens is 1. The Bertz CT molecular complexity index is 1030. The molecule has 1 saturated carbocycles. The maximum atomic E-state index is 13.7. The summed E-state index contributed by atoms with van der Waals surface area (Å²) in [6.45, 7) is 0. The van der Waals surface area contributed by atoms with E-state index in [4.69, 9.17) is 9.47 Å². The zero-order chi connectivity index (χ0) is 22.8. The maximum absolute atomic E-state index is 13.7. The third-order valence-electron chi connectivity index (χ3n) is 6.30. The maximum Gasteiger partial charge on any atom is 0.295 e. The second kappa shape index (κ2) is 9.02. The molecule has 1 aliphatic heterocycles. The van der Waals surface area contributed by atoms with Crippen LogP contribution >= 0.6 is 0 Å². The molecule has 2 aliphatic rings. The number of Topliss-reactive ketones (excluding diaryl/α,β-unsaturated/α-hetero) is 1. The number of benzene rings is 2. The zero-order valence-electron chi connectivity index (χ0n) is 18.1. The van der Waals surface area contributed by atoms with Crippen molar-refractivity contribution in [1.82, 2.24) is 4.90 Å². The van der Waals surface area contributed by atoms with Gasteiger partial charge in [-0.1, -0.05) is 37.5 Å².